The SMILES string of the molecule is Cn1c(-c2ccccc2)c(C2CCCCC2)c2ccc(C(=O)O)nc21.O=C(O)c1ccc2c(C3CCCC3)c(-c3ccccn3)oc2c1.O=C(O)c1ccc2c(C3CCCC3)c(-c3ccccn3)sc2c1. The molecule has 0 saturated heterocycles. The first-order valence-corrected chi connectivity index (χ1v) is 25.7. The highest BCUT2D eigenvalue weighted by molar-refractivity contribution is 7.22. The normalized spacial score (nSPS) is 15.4. The van der Waals surface area contributed by atoms with E-state index in [9.17, 15) is 29.7 Å². The number of benzene rings is 3. The van der Waals surface area contributed by atoms with Gasteiger partial charge in [-0.1, -0.05) is 93.5 Å². The van der Waals surface area contributed by atoms with E-state index in [1.807, 2.05) is 86.0 Å². The molecule has 3 aliphatic carbocycles. The summed E-state index contributed by atoms with van der Waals surface area (Å²) in [6.07, 6.45) is 19.5. The molecule has 11 nitrogen and oxygen atoms in total. The van der Waals surface area contributed by atoms with Crippen LogP contribution < -0.4 is 0 Å². The van der Waals surface area contributed by atoms with Crippen LogP contribution in [0.2, 0.25) is 0 Å². The maximum Gasteiger partial charge on any atom is 0.354 e. The van der Waals surface area contributed by atoms with E-state index in [0.717, 1.165) is 51.1 Å². The Morgan fingerprint density at radius 2 is 1.11 bits per heavy atom. The van der Waals surface area contributed by atoms with Crippen molar-refractivity contribution in [2.24, 2.45) is 7.05 Å². The van der Waals surface area contributed by atoms with E-state index in [1.165, 1.54) is 109 Å². The van der Waals surface area contributed by atoms with E-state index in [2.05, 4.69) is 31.7 Å². The number of aryl methyl sites for hydroxylation is 1. The highest BCUT2D eigenvalue weighted by Crippen LogP contribution is 2.48. The average Bonchev–Trinajstić information content (AvgIpc) is 4.28. The van der Waals surface area contributed by atoms with Crippen molar-refractivity contribution in [3.05, 3.63) is 161 Å². The Hall–Kier alpha value is -7.44. The third-order valence-corrected chi connectivity index (χ3v) is 15.8. The van der Waals surface area contributed by atoms with Gasteiger partial charge in [0, 0.05) is 40.5 Å². The summed E-state index contributed by atoms with van der Waals surface area (Å²) in [4.78, 5) is 48.4. The van der Waals surface area contributed by atoms with Gasteiger partial charge >= 0.3 is 17.9 Å². The fourth-order valence-electron chi connectivity index (χ4n) is 11.3. The van der Waals surface area contributed by atoms with Gasteiger partial charge < -0.3 is 24.3 Å². The van der Waals surface area contributed by atoms with Crippen molar-refractivity contribution < 1.29 is 34.1 Å². The van der Waals surface area contributed by atoms with E-state index >= 15 is 0 Å². The smallest absolute Gasteiger partial charge is 0.354 e. The van der Waals surface area contributed by atoms with Crippen LogP contribution >= 0.6 is 11.3 Å². The Labute approximate surface area is 415 Å². The Balaban J connectivity index is 0.000000123. The van der Waals surface area contributed by atoms with Crippen molar-refractivity contribution in [3.63, 3.8) is 0 Å². The standard InChI is InChI=1S/C21H22N2O2.C19H17NO3.C19H17NO2S/c1-23-19(15-10-6-3-7-11-15)18(14-8-4-2-5-9-14)16-12-13-17(21(24)25)22-20(16)23;2*21-19(22)13-8-9-14-16(11-13)23-18(15-7-3-4-10-20-15)17(14)12-5-1-2-6-12/h3,6-7,10-14H,2,4-5,8-9H2,1H3,(H,24,25);2*3-4,7-12H,1-2,5-6H2,(H,21,22). The molecule has 0 aliphatic heterocycles. The minimum absolute atomic E-state index is 0.0999. The highest BCUT2D eigenvalue weighted by atomic mass is 32.1. The monoisotopic (exact) mass is 964 g/mol. The van der Waals surface area contributed by atoms with Crippen LogP contribution in [0.1, 0.15) is 149 Å². The van der Waals surface area contributed by atoms with Crippen molar-refractivity contribution in [1.29, 1.82) is 0 Å². The number of aromatic carboxylic acids is 3. The molecule has 3 aromatic carbocycles. The van der Waals surface area contributed by atoms with Crippen LogP contribution in [0, 0.1) is 0 Å². The van der Waals surface area contributed by atoms with E-state index in [0.29, 0.717) is 28.9 Å². The summed E-state index contributed by atoms with van der Waals surface area (Å²) in [6, 6.07) is 36.3. The number of carbonyl (C=O) groups is 3. The second-order valence-corrected chi connectivity index (χ2v) is 20.1. The van der Waals surface area contributed by atoms with Gasteiger partial charge in [-0.15, -0.1) is 11.3 Å². The van der Waals surface area contributed by atoms with Crippen LogP contribution in [0.25, 0.3) is 65.4 Å². The summed E-state index contributed by atoms with van der Waals surface area (Å²) in [5.41, 5.74) is 10.1. The van der Waals surface area contributed by atoms with Crippen molar-refractivity contribution in [3.8, 4) is 33.3 Å². The van der Waals surface area contributed by atoms with Gasteiger partial charge in [-0.25, -0.2) is 19.4 Å². The summed E-state index contributed by atoms with van der Waals surface area (Å²) in [7, 11) is 2.00. The number of carboxylic acid groups (broad SMARTS) is 3. The first-order valence-electron chi connectivity index (χ1n) is 24.8. The van der Waals surface area contributed by atoms with Crippen LogP contribution in [0.5, 0.6) is 0 Å². The number of nitrogens with zero attached hydrogens (tertiary/aromatic N) is 4. The van der Waals surface area contributed by atoms with E-state index < -0.39 is 17.9 Å². The van der Waals surface area contributed by atoms with Crippen molar-refractivity contribution in [2.75, 3.05) is 0 Å². The van der Waals surface area contributed by atoms with Crippen LogP contribution in [-0.2, 0) is 7.05 Å². The average molecular weight is 965 g/mol. The van der Waals surface area contributed by atoms with Gasteiger partial charge in [0.2, 0.25) is 0 Å². The van der Waals surface area contributed by atoms with Gasteiger partial charge in [-0.2, -0.15) is 0 Å². The molecule has 0 atom stereocenters. The fourth-order valence-corrected chi connectivity index (χ4v) is 12.6. The predicted octanol–water partition coefficient (Wildman–Crippen LogP) is 15.2. The number of thiophene rings is 1. The number of fused-ring (bicyclic) bond motifs is 3. The lowest BCUT2D eigenvalue weighted by Crippen LogP contribution is -2.06. The van der Waals surface area contributed by atoms with E-state index in [-0.39, 0.29) is 11.3 Å². The maximum absolute atomic E-state index is 11.3. The molecule has 3 N–H and O–H groups in total. The number of pyridine rings is 3. The van der Waals surface area contributed by atoms with Crippen molar-refractivity contribution >= 4 is 61.3 Å². The third-order valence-electron chi connectivity index (χ3n) is 14.6. The van der Waals surface area contributed by atoms with Gasteiger partial charge in [0.25, 0.3) is 0 Å². The molecule has 0 spiro atoms. The number of rotatable bonds is 9. The second kappa shape index (κ2) is 20.9. The molecular formula is C59H56N4O7S. The number of aromatic nitrogens is 4. The lowest BCUT2D eigenvalue weighted by atomic mass is 9.82. The molecule has 0 unspecified atom stereocenters. The first-order chi connectivity index (χ1) is 34.6. The number of hydrogen-bond acceptors (Lipinski definition) is 8. The van der Waals surface area contributed by atoms with E-state index in [1.54, 1.807) is 47.9 Å². The lowest BCUT2D eigenvalue weighted by Gasteiger charge is -2.23. The van der Waals surface area contributed by atoms with Gasteiger partial charge in [-0.3, -0.25) is 9.97 Å². The zero-order valence-electron chi connectivity index (χ0n) is 39.7. The third kappa shape index (κ3) is 9.73. The second-order valence-electron chi connectivity index (χ2n) is 19.0. The molecule has 9 aromatic rings. The molecule has 6 heterocycles. The zero-order valence-corrected chi connectivity index (χ0v) is 40.5. The Morgan fingerprint density at radius 3 is 1.72 bits per heavy atom. The molecule has 3 fully saturated rings. The molecule has 6 aromatic heterocycles. The summed E-state index contributed by atoms with van der Waals surface area (Å²) < 4.78 is 9.18. The number of hydrogen-bond donors (Lipinski definition) is 3. The minimum atomic E-state index is -0.983. The molecule has 0 amide bonds. The molecule has 12 heteroatoms. The van der Waals surface area contributed by atoms with Gasteiger partial charge in [0.05, 0.1) is 27.4 Å². The molecule has 360 valence electrons. The lowest BCUT2D eigenvalue weighted by molar-refractivity contribution is 0.0682. The fraction of sp³-hybridized carbons (Fsp3) is 0.288. The molecule has 3 saturated carbocycles. The predicted molar refractivity (Wildman–Crippen MR) is 280 cm³/mol. The minimum Gasteiger partial charge on any atom is -0.478 e. The van der Waals surface area contributed by atoms with E-state index in [4.69, 9.17) is 4.42 Å². The first kappa shape index (κ1) is 47.2. The van der Waals surface area contributed by atoms with Crippen LogP contribution in [0.4, 0.5) is 0 Å². The van der Waals surface area contributed by atoms with Gasteiger partial charge in [-0.05, 0) is 145 Å². The topological polar surface area (TPSA) is 169 Å². The van der Waals surface area contributed by atoms with Crippen molar-refractivity contribution in [1.82, 2.24) is 19.5 Å². The number of carboxylic acids is 3. The molecule has 3 aliphatic rings. The molecule has 71 heavy (non-hydrogen) atoms. The van der Waals surface area contributed by atoms with Crippen LogP contribution in [0.3, 0.4) is 0 Å². The summed E-state index contributed by atoms with van der Waals surface area (Å²) in [5, 5.41) is 31.1. The molecular weight excluding hydrogens is 909 g/mol. The Bertz CT molecular complexity index is 3220. The Kier molecular flexibility index (Phi) is 13.9. The van der Waals surface area contributed by atoms with Gasteiger partial charge in [0.1, 0.15) is 16.9 Å². The van der Waals surface area contributed by atoms with Crippen LogP contribution in [-0.4, -0.2) is 52.7 Å². The number of furan rings is 1. The highest BCUT2D eigenvalue weighted by Gasteiger charge is 2.29. The molecule has 0 radical (unpaired) electrons. The summed E-state index contributed by atoms with van der Waals surface area (Å²) >= 11 is 1.67. The Morgan fingerprint density at radius 1 is 0.563 bits per heavy atom. The van der Waals surface area contributed by atoms with Crippen LogP contribution in [0.15, 0.2) is 132 Å². The summed E-state index contributed by atoms with van der Waals surface area (Å²) in [5.74, 6) is -0.462. The molecule has 0 bridgehead atoms. The molecule has 12 rings (SSSR count). The van der Waals surface area contributed by atoms with Crippen molar-refractivity contribution in [2.45, 2.75) is 101 Å². The summed E-state index contributed by atoms with van der Waals surface area (Å²) in [6.45, 7) is 0. The van der Waals surface area contributed by atoms with Gasteiger partial charge in [0.15, 0.2) is 11.5 Å². The quantitative estimate of drug-likeness (QED) is 0.127. The largest absolute Gasteiger partial charge is 0.478 e. The maximum atomic E-state index is 11.3. The zero-order chi connectivity index (χ0) is 49.0.